The minimum Gasteiger partial charge on any atom is -0.344 e. The largest absolute Gasteiger partial charge is 0.408 e. The molecule has 3 aliphatic carbocycles. The molecule has 0 aromatic heterocycles. The third kappa shape index (κ3) is 3.67. The van der Waals surface area contributed by atoms with Gasteiger partial charge >= 0.3 is 6.18 Å². The number of alkyl halides is 3. The molecule has 0 saturated heterocycles. The molecule has 132 valence electrons. The van der Waals surface area contributed by atoms with Crippen LogP contribution in [0.4, 0.5) is 13.2 Å². The zero-order valence-electron chi connectivity index (χ0n) is 13.4. The summed E-state index contributed by atoms with van der Waals surface area (Å²) >= 11 is 0. The molecule has 1 amide bonds. The highest BCUT2D eigenvalue weighted by Gasteiger charge is 2.48. The number of halogens is 3. The Bertz CT molecular complexity index is 420. The van der Waals surface area contributed by atoms with E-state index in [9.17, 15) is 18.0 Å². The standard InChI is InChI=1S/C17H27F3N2O/c18-17(19,20)15(10-4-1-2-5-10)22-16(23)13-8-11-6-3-7-12(9-13)14(11)21/h10-15H,1-9,21H2,(H,22,23). The lowest BCUT2D eigenvalue weighted by atomic mass is 9.65. The lowest BCUT2D eigenvalue weighted by Gasteiger charge is -2.44. The molecule has 3 saturated carbocycles. The highest BCUT2D eigenvalue weighted by molar-refractivity contribution is 5.79. The average Bonchev–Trinajstić information content (AvgIpc) is 2.96. The first-order valence-corrected chi connectivity index (χ1v) is 8.99. The fraction of sp³-hybridized carbons (Fsp3) is 0.941. The summed E-state index contributed by atoms with van der Waals surface area (Å²) in [4.78, 5) is 12.5. The van der Waals surface area contributed by atoms with Gasteiger partial charge in [0.15, 0.2) is 0 Å². The first-order valence-electron chi connectivity index (χ1n) is 8.99. The first-order chi connectivity index (χ1) is 10.9. The van der Waals surface area contributed by atoms with Crippen molar-refractivity contribution in [3.8, 4) is 0 Å². The number of amides is 1. The molecule has 3 aliphatic rings. The van der Waals surface area contributed by atoms with Gasteiger partial charge in [0.05, 0.1) is 0 Å². The number of hydrogen-bond donors (Lipinski definition) is 2. The normalized spacial score (nSPS) is 36.7. The highest BCUT2D eigenvalue weighted by atomic mass is 19.4. The van der Waals surface area contributed by atoms with Crippen molar-refractivity contribution in [1.29, 1.82) is 0 Å². The van der Waals surface area contributed by atoms with E-state index < -0.39 is 24.0 Å². The summed E-state index contributed by atoms with van der Waals surface area (Å²) in [5.74, 6) is -0.549. The minimum absolute atomic E-state index is 0.126. The topological polar surface area (TPSA) is 55.1 Å². The van der Waals surface area contributed by atoms with Gasteiger partial charge in [-0.15, -0.1) is 0 Å². The van der Waals surface area contributed by atoms with Crippen molar-refractivity contribution in [3.63, 3.8) is 0 Å². The van der Waals surface area contributed by atoms with E-state index in [0.717, 1.165) is 32.1 Å². The molecule has 0 radical (unpaired) electrons. The Morgan fingerprint density at radius 2 is 1.57 bits per heavy atom. The summed E-state index contributed by atoms with van der Waals surface area (Å²) in [6.07, 6.45) is 2.87. The Balaban J connectivity index is 1.65. The second-order valence-electron chi connectivity index (χ2n) is 7.77. The molecule has 3 nitrogen and oxygen atoms in total. The van der Waals surface area contributed by atoms with Crippen LogP contribution in [0.3, 0.4) is 0 Å². The number of nitrogens with one attached hydrogen (secondary N) is 1. The van der Waals surface area contributed by atoms with E-state index >= 15 is 0 Å². The number of fused-ring (bicyclic) bond motifs is 2. The molecule has 0 aromatic carbocycles. The molecule has 0 heterocycles. The van der Waals surface area contributed by atoms with Crippen molar-refractivity contribution in [2.45, 2.75) is 76.0 Å². The second-order valence-corrected chi connectivity index (χ2v) is 7.77. The van der Waals surface area contributed by atoms with E-state index in [0.29, 0.717) is 37.5 Å². The summed E-state index contributed by atoms with van der Waals surface area (Å²) in [7, 11) is 0. The van der Waals surface area contributed by atoms with E-state index in [2.05, 4.69) is 5.32 Å². The van der Waals surface area contributed by atoms with Crippen molar-refractivity contribution >= 4 is 5.91 Å². The van der Waals surface area contributed by atoms with Crippen molar-refractivity contribution < 1.29 is 18.0 Å². The molecule has 23 heavy (non-hydrogen) atoms. The summed E-state index contributed by atoms with van der Waals surface area (Å²) in [6.45, 7) is 0. The maximum absolute atomic E-state index is 13.4. The molecule has 3 unspecified atom stereocenters. The van der Waals surface area contributed by atoms with Gasteiger partial charge in [-0.05, 0) is 56.3 Å². The third-order valence-corrected chi connectivity index (χ3v) is 6.31. The van der Waals surface area contributed by atoms with Gasteiger partial charge in [-0.25, -0.2) is 0 Å². The maximum atomic E-state index is 13.4. The van der Waals surface area contributed by atoms with Crippen LogP contribution in [0.5, 0.6) is 0 Å². The maximum Gasteiger partial charge on any atom is 0.408 e. The van der Waals surface area contributed by atoms with E-state index in [1.807, 2.05) is 0 Å². The highest BCUT2D eigenvalue weighted by Crippen LogP contribution is 2.42. The van der Waals surface area contributed by atoms with Gasteiger partial charge in [-0.2, -0.15) is 13.2 Å². The summed E-state index contributed by atoms with van der Waals surface area (Å²) < 4.78 is 40.1. The van der Waals surface area contributed by atoms with E-state index in [-0.39, 0.29) is 12.0 Å². The summed E-state index contributed by atoms with van der Waals surface area (Å²) in [5.41, 5.74) is 6.20. The monoisotopic (exact) mass is 332 g/mol. The van der Waals surface area contributed by atoms with Crippen LogP contribution >= 0.6 is 0 Å². The predicted octanol–water partition coefficient (Wildman–Crippen LogP) is 3.38. The Morgan fingerprint density at radius 3 is 2.09 bits per heavy atom. The SMILES string of the molecule is NC1C2CCCC1CC(C(=O)NC(C1CCCC1)C(F)(F)F)C2. The summed E-state index contributed by atoms with van der Waals surface area (Å²) in [6, 6.07) is -1.55. The van der Waals surface area contributed by atoms with Crippen LogP contribution in [-0.2, 0) is 4.79 Å². The van der Waals surface area contributed by atoms with E-state index in [1.165, 1.54) is 0 Å². The lowest BCUT2D eigenvalue weighted by Crippen LogP contribution is -2.54. The van der Waals surface area contributed by atoms with Crippen molar-refractivity contribution in [2.75, 3.05) is 0 Å². The van der Waals surface area contributed by atoms with Crippen LogP contribution in [0.2, 0.25) is 0 Å². The van der Waals surface area contributed by atoms with Gasteiger partial charge in [0.2, 0.25) is 5.91 Å². The molecule has 2 bridgehead atoms. The van der Waals surface area contributed by atoms with Gasteiger partial charge < -0.3 is 11.1 Å². The Morgan fingerprint density at radius 1 is 1.00 bits per heavy atom. The lowest BCUT2D eigenvalue weighted by molar-refractivity contribution is -0.173. The number of hydrogen-bond acceptors (Lipinski definition) is 2. The predicted molar refractivity (Wildman–Crippen MR) is 81.5 cm³/mol. The second kappa shape index (κ2) is 6.61. The molecular weight excluding hydrogens is 305 g/mol. The van der Waals surface area contributed by atoms with Gasteiger partial charge in [0, 0.05) is 12.0 Å². The van der Waals surface area contributed by atoms with Crippen molar-refractivity contribution in [2.24, 2.45) is 29.4 Å². The van der Waals surface area contributed by atoms with Gasteiger partial charge in [-0.3, -0.25) is 4.79 Å². The zero-order valence-corrected chi connectivity index (χ0v) is 13.4. The smallest absolute Gasteiger partial charge is 0.344 e. The Labute approximate surface area is 135 Å². The molecule has 3 fully saturated rings. The van der Waals surface area contributed by atoms with Crippen LogP contribution in [0.25, 0.3) is 0 Å². The first kappa shape index (κ1) is 17.1. The molecule has 0 spiro atoms. The number of rotatable bonds is 3. The van der Waals surface area contributed by atoms with Crippen LogP contribution in [-0.4, -0.2) is 24.2 Å². The molecular formula is C17H27F3N2O. The average molecular weight is 332 g/mol. The molecule has 3 atom stereocenters. The van der Waals surface area contributed by atoms with Crippen LogP contribution in [0, 0.1) is 23.7 Å². The van der Waals surface area contributed by atoms with Gasteiger partial charge in [0.1, 0.15) is 6.04 Å². The Kier molecular flexibility index (Phi) is 4.90. The zero-order chi connectivity index (χ0) is 16.6. The molecule has 0 aliphatic heterocycles. The summed E-state index contributed by atoms with van der Waals surface area (Å²) in [5, 5.41) is 2.37. The van der Waals surface area contributed by atoms with E-state index in [1.54, 1.807) is 0 Å². The van der Waals surface area contributed by atoms with Crippen molar-refractivity contribution in [1.82, 2.24) is 5.32 Å². The number of nitrogens with two attached hydrogens (primary N) is 1. The number of carbonyl (C=O) groups is 1. The fourth-order valence-electron chi connectivity index (χ4n) is 5.03. The van der Waals surface area contributed by atoms with Crippen LogP contribution in [0.15, 0.2) is 0 Å². The van der Waals surface area contributed by atoms with Gasteiger partial charge in [-0.1, -0.05) is 19.3 Å². The quantitative estimate of drug-likeness (QED) is 0.832. The molecule has 3 rings (SSSR count). The molecule has 3 N–H and O–H groups in total. The number of carbonyl (C=O) groups excluding carboxylic acids is 1. The Hall–Kier alpha value is -0.780. The van der Waals surface area contributed by atoms with Crippen molar-refractivity contribution in [3.05, 3.63) is 0 Å². The van der Waals surface area contributed by atoms with Gasteiger partial charge in [0.25, 0.3) is 0 Å². The third-order valence-electron chi connectivity index (χ3n) is 6.31. The van der Waals surface area contributed by atoms with E-state index in [4.69, 9.17) is 5.73 Å². The fourth-order valence-corrected chi connectivity index (χ4v) is 5.03. The minimum atomic E-state index is -4.36. The molecule has 6 heteroatoms. The van der Waals surface area contributed by atoms with Crippen LogP contribution < -0.4 is 11.1 Å². The molecule has 0 aromatic rings. The van der Waals surface area contributed by atoms with Crippen LogP contribution in [0.1, 0.15) is 57.8 Å².